The van der Waals surface area contributed by atoms with Gasteiger partial charge in [0, 0.05) is 19.3 Å². The lowest BCUT2D eigenvalue weighted by Gasteiger charge is -2.18. The molecule has 0 spiro atoms. The van der Waals surface area contributed by atoms with Gasteiger partial charge in [-0.05, 0) is 77.0 Å². The van der Waals surface area contributed by atoms with E-state index in [4.69, 9.17) is 14.2 Å². The smallest absolute Gasteiger partial charge is 0.306 e. The summed E-state index contributed by atoms with van der Waals surface area (Å²) in [5.41, 5.74) is 0. The van der Waals surface area contributed by atoms with Gasteiger partial charge in [0.05, 0.1) is 0 Å². The fraction of sp³-hybridized carbons (Fsp3) is 0.849. The molecule has 1 unspecified atom stereocenters. The zero-order valence-electron chi connectivity index (χ0n) is 53.2. The first-order chi connectivity index (χ1) is 39.0. The topological polar surface area (TPSA) is 78.9 Å². The molecule has 0 aliphatic heterocycles. The Labute approximate surface area is 492 Å². The lowest BCUT2D eigenvalue weighted by Crippen LogP contribution is -2.30. The molecule has 0 aliphatic carbocycles. The summed E-state index contributed by atoms with van der Waals surface area (Å²) in [7, 11) is 0. The first kappa shape index (κ1) is 76.4. The molecule has 1 atom stereocenters. The van der Waals surface area contributed by atoms with Gasteiger partial charge in [0.2, 0.25) is 0 Å². The minimum atomic E-state index is -0.777. The molecule has 79 heavy (non-hydrogen) atoms. The molecule has 0 rings (SSSR count). The third-order valence-corrected chi connectivity index (χ3v) is 15.8. The van der Waals surface area contributed by atoms with E-state index in [1.54, 1.807) is 0 Å². The normalized spacial score (nSPS) is 12.3. The number of hydrogen-bond acceptors (Lipinski definition) is 6. The Morgan fingerprint density at radius 3 is 0.785 bits per heavy atom. The van der Waals surface area contributed by atoms with E-state index in [9.17, 15) is 14.4 Å². The summed E-state index contributed by atoms with van der Waals surface area (Å²) in [5, 5.41) is 0. The molecular formula is C73H134O6. The minimum Gasteiger partial charge on any atom is -0.462 e. The van der Waals surface area contributed by atoms with Gasteiger partial charge in [-0.3, -0.25) is 14.4 Å². The molecule has 0 saturated heterocycles. The third-order valence-electron chi connectivity index (χ3n) is 15.8. The molecule has 0 heterocycles. The second-order valence-corrected chi connectivity index (χ2v) is 23.8. The van der Waals surface area contributed by atoms with E-state index in [1.807, 2.05) is 0 Å². The molecule has 6 nitrogen and oxygen atoms in total. The standard InChI is InChI=1S/C73H134O6/c1-4-7-10-13-16-19-22-25-28-30-31-32-33-34-35-36-37-38-39-40-41-43-45-48-51-54-57-60-63-66-72(75)78-69-70(68-77-71(74)65-62-59-56-53-50-47-44-27-24-21-18-15-12-9-6-3)79-73(76)67-64-61-58-55-52-49-46-42-29-26-23-20-17-14-11-8-5-2/h8,11,17,20,26,29-31,70H,4-7,9-10,12-16,18-19,21-25,27-28,32-69H2,1-3H3/b11-8-,20-17-,29-26-,31-30-. The lowest BCUT2D eigenvalue weighted by molar-refractivity contribution is -0.167. The van der Waals surface area contributed by atoms with Gasteiger partial charge in [0.1, 0.15) is 13.2 Å². The number of unbranched alkanes of at least 4 members (excludes halogenated alkanes) is 46. The second-order valence-electron chi connectivity index (χ2n) is 23.8. The molecule has 462 valence electrons. The predicted molar refractivity (Wildman–Crippen MR) is 344 cm³/mol. The van der Waals surface area contributed by atoms with Gasteiger partial charge in [0.25, 0.3) is 0 Å². The summed E-state index contributed by atoms with van der Waals surface area (Å²) in [6, 6.07) is 0. The van der Waals surface area contributed by atoms with Crippen molar-refractivity contribution < 1.29 is 28.6 Å². The van der Waals surface area contributed by atoms with Gasteiger partial charge in [-0.25, -0.2) is 0 Å². The molecular weight excluding hydrogens is 973 g/mol. The molecule has 0 fully saturated rings. The second kappa shape index (κ2) is 67.9. The highest BCUT2D eigenvalue weighted by atomic mass is 16.6. The summed E-state index contributed by atoms with van der Waals surface area (Å²) < 4.78 is 17.0. The van der Waals surface area contributed by atoms with Crippen LogP contribution in [0.2, 0.25) is 0 Å². The number of esters is 3. The highest BCUT2D eigenvalue weighted by molar-refractivity contribution is 5.71. The Hall–Kier alpha value is -2.63. The van der Waals surface area contributed by atoms with Gasteiger partial charge in [-0.15, -0.1) is 0 Å². The van der Waals surface area contributed by atoms with Crippen LogP contribution in [0.1, 0.15) is 380 Å². The van der Waals surface area contributed by atoms with Crippen molar-refractivity contribution in [3.05, 3.63) is 48.6 Å². The maximum Gasteiger partial charge on any atom is 0.306 e. The van der Waals surface area contributed by atoms with E-state index >= 15 is 0 Å². The molecule has 0 saturated carbocycles. The molecule has 0 aromatic rings. The zero-order valence-corrected chi connectivity index (χ0v) is 53.2. The van der Waals surface area contributed by atoms with Crippen LogP contribution in [0, 0.1) is 0 Å². The van der Waals surface area contributed by atoms with Gasteiger partial charge in [-0.2, -0.15) is 0 Å². The molecule has 0 N–H and O–H groups in total. The number of ether oxygens (including phenoxy) is 3. The number of allylic oxidation sites excluding steroid dienone is 8. The Kier molecular flexibility index (Phi) is 65.6. The maximum absolute atomic E-state index is 12.9. The first-order valence-electron chi connectivity index (χ1n) is 35.1. The quantitative estimate of drug-likeness (QED) is 0.0261. The number of carbonyl (C=O) groups excluding carboxylic acids is 3. The predicted octanol–water partition coefficient (Wildman–Crippen LogP) is 24.1. The minimum absolute atomic E-state index is 0.0722. The van der Waals surface area contributed by atoms with Crippen molar-refractivity contribution in [3.63, 3.8) is 0 Å². The van der Waals surface area contributed by atoms with Crippen LogP contribution >= 0.6 is 0 Å². The summed E-state index contributed by atoms with van der Waals surface area (Å²) >= 11 is 0. The average molecular weight is 1110 g/mol. The number of carbonyl (C=O) groups is 3. The van der Waals surface area contributed by atoms with Crippen LogP contribution < -0.4 is 0 Å². The van der Waals surface area contributed by atoms with Crippen LogP contribution in [0.25, 0.3) is 0 Å². The van der Waals surface area contributed by atoms with E-state index in [0.717, 1.165) is 83.5 Å². The highest BCUT2D eigenvalue weighted by Crippen LogP contribution is 2.18. The first-order valence-corrected chi connectivity index (χ1v) is 35.1. The van der Waals surface area contributed by atoms with E-state index in [1.165, 1.54) is 257 Å². The maximum atomic E-state index is 12.9. The van der Waals surface area contributed by atoms with Crippen molar-refractivity contribution in [2.75, 3.05) is 13.2 Å². The van der Waals surface area contributed by atoms with Crippen molar-refractivity contribution in [3.8, 4) is 0 Å². The Morgan fingerprint density at radius 1 is 0.266 bits per heavy atom. The Morgan fingerprint density at radius 2 is 0.494 bits per heavy atom. The monoisotopic (exact) mass is 1110 g/mol. The van der Waals surface area contributed by atoms with Crippen LogP contribution in [-0.4, -0.2) is 37.2 Å². The highest BCUT2D eigenvalue weighted by Gasteiger charge is 2.19. The fourth-order valence-corrected chi connectivity index (χ4v) is 10.6. The molecule has 6 heteroatoms. The van der Waals surface area contributed by atoms with Crippen molar-refractivity contribution in [1.82, 2.24) is 0 Å². The van der Waals surface area contributed by atoms with Crippen molar-refractivity contribution in [2.24, 2.45) is 0 Å². The van der Waals surface area contributed by atoms with Crippen molar-refractivity contribution in [2.45, 2.75) is 386 Å². The average Bonchev–Trinajstić information content (AvgIpc) is 3.45. The van der Waals surface area contributed by atoms with Crippen molar-refractivity contribution >= 4 is 17.9 Å². The van der Waals surface area contributed by atoms with Crippen LogP contribution in [0.3, 0.4) is 0 Å². The van der Waals surface area contributed by atoms with E-state index in [-0.39, 0.29) is 31.1 Å². The molecule has 0 radical (unpaired) electrons. The van der Waals surface area contributed by atoms with Crippen LogP contribution in [0.15, 0.2) is 48.6 Å². The van der Waals surface area contributed by atoms with Crippen LogP contribution in [-0.2, 0) is 28.6 Å². The van der Waals surface area contributed by atoms with E-state index in [2.05, 4.69) is 69.4 Å². The summed E-state index contributed by atoms with van der Waals surface area (Å²) in [6.07, 6.45) is 85.7. The SMILES string of the molecule is CC/C=C\C/C=C\C/C=C\CCCCCCCCCC(=O)OC(COC(=O)CCCCCCCCCCCCCCCCC)COC(=O)CCCCCCCCCCCCCCCCCCC/C=C\CCCCCCCCCC. The van der Waals surface area contributed by atoms with Gasteiger partial charge < -0.3 is 14.2 Å². The molecule has 0 amide bonds. The van der Waals surface area contributed by atoms with Gasteiger partial charge in [0.15, 0.2) is 6.10 Å². The molecule has 0 aliphatic rings. The molecule has 0 aromatic heterocycles. The summed E-state index contributed by atoms with van der Waals surface area (Å²) in [6.45, 7) is 6.59. The number of hydrogen-bond donors (Lipinski definition) is 0. The Bertz CT molecular complexity index is 1360. The fourth-order valence-electron chi connectivity index (χ4n) is 10.6. The van der Waals surface area contributed by atoms with Crippen LogP contribution in [0.4, 0.5) is 0 Å². The summed E-state index contributed by atoms with van der Waals surface area (Å²) in [5.74, 6) is -0.856. The van der Waals surface area contributed by atoms with Crippen LogP contribution in [0.5, 0.6) is 0 Å². The summed E-state index contributed by atoms with van der Waals surface area (Å²) in [4.78, 5) is 38.4. The molecule has 0 bridgehead atoms. The third kappa shape index (κ3) is 66.1. The van der Waals surface area contributed by atoms with E-state index in [0.29, 0.717) is 19.3 Å². The largest absolute Gasteiger partial charge is 0.462 e. The van der Waals surface area contributed by atoms with Gasteiger partial charge in [-0.1, -0.05) is 333 Å². The van der Waals surface area contributed by atoms with Crippen molar-refractivity contribution in [1.29, 1.82) is 0 Å². The lowest BCUT2D eigenvalue weighted by atomic mass is 10.0. The Balaban J connectivity index is 4.20. The molecule has 0 aromatic carbocycles. The van der Waals surface area contributed by atoms with E-state index < -0.39 is 6.10 Å². The number of rotatable bonds is 65. The van der Waals surface area contributed by atoms with Gasteiger partial charge >= 0.3 is 17.9 Å². The zero-order chi connectivity index (χ0) is 57.1.